The van der Waals surface area contributed by atoms with E-state index in [4.69, 9.17) is 0 Å². The van der Waals surface area contributed by atoms with E-state index in [1.165, 1.54) is 0 Å². The van der Waals surface area contributed by atoms with E-state index < -0.39 is 29.0 Å². The predicted octanol–water partition coefficient (Wildman–Crippen LogP) is 2.47. The summed E-state index contributed by atoms with van der Waals surface area (Å²) < 4.78 is 0. The van der Waals surface area contributed by atoms with Crippen LogP contribution in [0.15, 0.2) is 22.5 Å². The van der Waals surface area contributed by atoms with Crippen molar-refractivity contribution < 1.29 is 24.9 Å². The first-order valence-corrected chi connectivity index (χ1v) is 9.11. The summed E-state index contributed by atoms with van der Waals surface area (Å²) in [6.07, 6.45) is 2.09. The fraction of sp³-hybridized carbons (Fsp3) is 0.700. The first kappa shape index (κ1) is 18.3. The molecule has 0 bridgehead atoms. The largest absolute Gasteiger partial charge is 0.507 e. The van der Waals surface area contributed by atoms with E-state index in [1.807, 2.05) is 6.92 Å². The lowest BCUT2D eigenvalue weighted by molar-refractivity contribution is -0.136. The number of rotatable bonds is 2. The molecule has 3 N–H and O–H groups in total. The summed E-state index contributed by atoms with van der Waals surface area (Å²) in [5.74, 6) is -2.23. The number of allylic oxidation sites excluding steroid dienone is 2. The van der Waals surface area contributed by atoms with Crippen molar-refractivity contribution in [3.05, 3.63) is 22.5 Å². The van der Waals surface area contributed by atoms with Gasteiger partial charge in [-0.1, -0.05) is 34.1 Å². The third kappa shape index (κ3) is 2.43. The van der Waals surface area contributed by atoms with Gasteiger partial charge in [0, 0.05) is 35.5 Å². The number of aliphatic hydroxyl groups is 3. The molecular formula is C20H28O5. The van der Waals surface area contributed by atoms with Crippen LogP contribution in [0, 0.1) is 22.7 Å². The summed E-state index contributed by atoms with van der Waals surface area (Å²) in [6, 6.07) is 0. The molecule has 0 aromatic rings. The lowest BCUT2D eigenvalue weighted by atomic mass is 9.48. The van der Waals surface area contributed by atoms with Crippen molar-refractivity contribution >= 4 is 11.6 Å². The molecule has 3 rings (SSSR count). The minimum atomic E-state index is -0.711. The topological polar surface area (TPSA) is 94.8 Å². The van der Waals surface area contributed by atoms with Crippen LogP contribution in [0.3, 0.4) is 0 Å². The lowest BCUT2D eigenvalue weighted by Gasteiger charge is -2.56. The van der Waals surface area contributed by atoms with Crippen molar-refractivity contribution in [2.45, 2.75) is 59.5 Å². The number of ketones is 2. The Balaban J connectivity index is 2.24. The van der Waals surface area contributed by atoms with Gasteiger partial charge in [-0.25, -0.2) is 0 Å². The van der Waals surface area contributed by atoms with Crippen molar-refractivity contribution in [3.8, 4) is 0 Å². The van der Waals surface area contributed by atoms with Crippen LogP contribution in [-0.2, 0) is 9.59 Å². The summed E-state index contributed by atoms with van der Waals surface area (Å²) in [5, 5.41) is 31.0. The molecule has 0 heterocycles. The molecule has 138 valence electrons. The smallest absolute Gasteiger partial charge is 0.233 e. The summed E-state index contributed by atoms with van der Waals surface area (Å²) >= 11 is 0. The Morgan fingerprint density at radius 2 is 1.80 bits per heavy atom. The summed E-state index contributed by atoms with van der Waals surface area (Å²) in [4.78, 5) is 25.7. The van der Waals surface area contributed by atoms with Crippen LogP contribution >= 0.6 is 0 Å². The number of aliphatic hydroxyl groups excluding tert-OH is 3. The van der Waals surface area contributed by atoms with Crippen molar-refractivity contribution in [3.63, 3.8) is 0 Å². The maximum Gasteiger partial charge on any atom is 0.233 e. The molecule has 0 aliphatic heterocycles. The van der Waals surface area contributed by atoms with E-state index in [-0.39, 0.29) is 35.7 Å². The van der Waals surface area contributed by atoms with Crippen LogP contribution in [0.1, 0.15) is 53.4 Å². The Morgan fingerprint density at radius 1 is 1.16 bits per heavy atom. The molecule has 0 aromatic heterocycles. The highest BCUT2D eigenvalue weighted by Gasteiger charge is 2.58. The fourth-order valence-electron chi connectivity index (χ4n) is 5.75. The third-order valence-corrected chi connectivity index (χ3v) is 6.70. The van der Waals surface area contributed by atoms with Crippen LogP contribution in [0.4, 0.5) is 0 Å². The molecule has 5 heteroatoms. The monoisotopic (exact) mass is 348 g/mol. The predicted molar refractivity (Wildman–Crippen MR) is 92.8 cm³/mol. The van der Waals surface area contributed by atoms with Crippen LogP contribution < -0.4 is 0 Å². The van der Waals surface area contributed by atoms with Gasteiger partial charge in [0.25, 0.3) is 0 Å². The average Bonchev–Trinajstić information content (AvgIpc) is 2.50. The molecule has 0 saturated heterocycles. The van der Waals surface area contributed by atoms with Gasteiger partial charge in [0.05, 0.1) is 11.7 Å². The second-order valence-corrected chi connectivity index (χ2v) is 8.87. The van der Waals surface area contributed by atoms with Gasteiger partial charge in [0.1, 0.15) is 5.76 Å². The second kappa shape index (κ2) is 5.78. The van der Waals surface area contributed by atoms with Gasteiger partial charge >= 0.3 is 0 Å². The van der Waals surface area contributed by atoms with E-state index in [9.17, 15) is 24.9 Å². The summed E-state index contributed by atoms with van der Waals surface area (Å²) in [5.41, 5.74) is 0.0156. The molecule has 5 nitrogen and oxygen atoms in total. The molecule has 3 aliphatic carbocycles. The van der Waals surface area contributed by atoms with Crippen molar-refractivity contribution in [2.75, 3.05) is 6.61 Å². The minimum Gasteiger partial charge on any atom is -0.507 e. The molecule has 0 spiro atoms. The molecule has 1 fully saturated rings. The van der Waals surface area contributed by atoms with E-state index in [2.05, 4.69) is 13.8 Å². The lowest BCUT2D eigenvalue weighted by Crippen LogP contribution is -2.55. The third-order valence-electron chi connectivity index (χ3n) is 6.70. The van der Waals surface area contributed by atoms with Crippen molar-refractivity contribution in [2.24, 2.45) is 22.7 Å². The molecule has 1 unspecified atom stereocenters. The highest BCUT2D eigenvalue weighted by molar-refractivity contribution is 6.50. The van der Waals surface area contributed by atoms with E-state index in [1.54, 1.807) is 6.92 Å². The summed E-state index contributed by atoms with van der Waals surface area (Å²) in [7, 11) is 0. The molecule has 3 aliphatic rings. The zero-order valence-corrected chi connectivity index (χ0v) is 15.4. The van der Waals surface area contributed by atoms with Gasteiger partial charge in [0.15, 0.2) is 0 Å². The Hall–Kier alpha value is -1.46. The Morgan fingerprint density at radius 3 is 2.40 bits per heavy atom. The average molecular weight is 348 g/mol. The van der Waals surface area contributed by atoms with Crippen LogP contribution in [0.25, 0.3) is 0 Å². The Bertz CT molecular complexity index is 699. The number of Topliss-reactive ketones (excluding diaryl/α,β-unsaturated/α-hetero) is 2. The van der Waals surface area contributed by atoms with Gasteiger partial charge in [-0.3, -0.25) is 9.59 Å². The summed E-state index contributed by atoms with van der Waals surface area (Å²) in [6.45, 7) is 7.45. The zero-order valence-electron chi connectivity index (χ0n) is 15.4. The Kier molecular flexibility index (Phi) is 4.24. The fourth-order valence-corrected chi connectivity index (χ4v) is 5.75. The first-order valence-electron chi connectivity index (χ1n) is 9.11. The molecular weight excluding hydrogens is 320 g/mol. The molecule has 0 radical (unpaired) electrons. The minimum absolute atomic E-state index is 0.0180. The standard InChI is InChI=1S/C20H28O5/c1-10(9-21)13-15(23)11-8-12(22)18-19(2,3)6-5-7-20(18,4)14(11)17(25)16(13)24/h10,12,18,21-23H,5-9H2,1-4H3/t10?,12-,18+,20-/m1/s1. The first-order chi connectivity index (χ1) is 11.6. The van der Waals surface area contributed by atoms with Crippen LogP contribution in [0.2, 0.25) is 0 Å². The van der Waals surface area contributed by atoms with Crippen LogP contribution in [0.5, 0.6) is 0 Å². The molecule has 0 aromatic carbocycles. The number of hydrogen-bond donors (Lipinski definition) is 3. The number of carbonyl (C=O) groups is 2. The quantitative estimate of drug-likeness (QED) is 0.526. The van der Waals surface area contributed by atoms with Crippen molar-refractivity contribution in [1.82, 2.24) is 0 Å². The number of carbonyl (C=O) groups excluding carboxylic acids is 2. The Labute approximate surface area is 148 Å². The normalized spacial score (nSPS) is 36.2. The number of hydrogen-bond acceptors (Lipinski definition) is 5. The highest BCUT2D eigenvalue weighted by Crippen LogP contribution is 2.61. The van der Waals surface area contributed by atoms with Crippen LogP contribution in [-0.4, -0.2) is 39.6 Å². The highest BCUT2D eigenvalue weighted by atomic mass is 16.3. The number of fused-ring (bicyclic) bond motifs is 2. The van der Waals surface area contributed by atoms with Gasteiger partial charge < -0.3 is 15.3 Å². The zero-order chi connectivity index (χ0) is 18.7. The second-order valence-electron chi connectivity index (χ2n) is 8.87. The molecule has 25 heavy (non-hydrogen) atoms. The molecule has 0 amide bonds. The maximum absolute atomic E-state index is 13.0. The molecule has 4 atom stereocenters. The van der Waals surface area contributed by atoms with Gasteiger partial charge in [-0.05, 0) is 24.2 Å². The molecule has 1 saturated carbocycles. The van der Waals surface area contributed by atoms with E-state index >= 15 is 0 Å². The SMILES string of the molecule is CC(CO)C1=C(O)C2=C(C(=O)C1=O)[C@@]1(C)CCCC(C)(C)[C@@H]1[C@H](O)C2. The van der Waals surface area contributed by atoms with Crippen molar-refractivity contribution in [1.29, 1.82) is 0 Å². The van der Waals surface area contributed by atoms with Gasteiger partial charge in [0.2, 0.25) is 11.6 Å². The van der Waals surface area contributed by atoms with Gasteiger partial charge in [-0.2, -0.15) is 0 Å². The maximum atomic E-state index is 13.0. The van der Waals surface area contributed by atoms with Gasteiger partial charge in [-0.15, -0.1) is 0 Å². The van der Waals surface area contributed by atoms with E-state index in [0.29, 0.717) is 17.6 Å². The van der Waals surface area contributed by atoms with E-state index in [0.717, 1.165) is 12.8 Å².